The molecule has 0 radical (unpaired) electrons. The van der Waals surface area contributed by atoms with Crippen molar-refractivity contribution in [2.75, 3.05) is 13.2 Å². The summed E-state index contributed by atoms with van der Waals surface area (Å²) in [5.41, 5.74) is 4.20. The number of rotatable bonds is 8. The van der Waals surface area contributed by atoms with Gasteiger partial charge in [0, 0.05) is 17.3 Å². The Kier molecular flexibility index (Phi) is 7.14. The van der Waals surface area contributed by atoms with E-state index in [0.717, 1.165) is 51.2 Å². The van der Waals surface area contributed by atoms with E-state index >= 15 is 0 Å². The van der Waals surface area contributed by atoms with Crippen LogP contribution in [0.3, 0.4) is 0 Å². The maximum absolute atomic E-state index is 12.8. The van der Waals surface area contributed by atoms with E-state index in [0.29, 0.717) is 17.2 Å². The summed E-state index contributed by atoms with van der Waals surface area (Å²) in [5, 5.41) is 13.9. The van der Waals surface area contributed by atoms with Gasteiger partial charge >= 0.3 is 5.97 Å². The van der Waals surface area contributed by atoms with Crippen molar-refractivity contribution >= 4 is 46.3 Å². The van der Waals surface area contributed by atoms with Gasteiger partial charge in [0.1, 0.15) is 22.3 Å². The Hall–Kier alpha value is -3.43. The summed E-state index contributed by atoms with van der Waals surface area (Å²) in [4.78, 5) is 25.4. The molecule has 0 bridgehead atoms. The van der Waals surface area contributed by atoms with Gasteiger partial charge in [0.2, 0.25) is 0 Å². The fraction of sp³-hybridized carbons (Fsp3) is 0.200. The Morgan fingerprint density at radius 1 is 1.24 bits per heavy atom. The molecule has 4 rings (SSSR count). The Morgan fingerprint density at radius 2 is 2.00 bits per heavy atom. The number of hydrogen-bond acceptors (Lipinski definition) is 6. The predicted molar refractivity (Wildman–Crippen MR) is 137 cm³/mol. The first-order valence-electron chi connectivity index (χ1n) is 10.7. The Labute approximate surface area is 207 Å². The molecule has 174 valence electrons. The number of aromatic nitrogens is 2. The summed E-state index contributed by atoms with van der Waals surface area (Å²) >= 11 is 6.33. The SMILES string of the molecule is CCCOc1ccc(-c2nn(-c3ccccc3)cc2/C=C2/SC(=S)N(CC(=O)O)C2=O)c(C)c1. The third-order valence-electron chi connectivity index (χ3n) is 5.14. The maximum Gasteiger partial charge on any atom is 0.323 e. The molecule has 7 nitrogen and oxygen atoms in total. The van der Waals surface area contributed by atoms with Crippen molar-refractivity contribution in [3.05, 3.63) is 70.8 Å². The van der Waals surface area contributed by atoms with Crippen molar-refractivity contribution in [2.45, 2.75) is 20.3 Å². The monoisotopic (exact) mass is 493 g/mol. The van der Waals surface area contributed by atoms with Crippen LogP contribution in [0.5, 0.6) is 5.75 Å². The smallest absolute Gasteiger partial charge is 0.323 e. The number of carboxylic acids is 1. The number of thiocarbonyl (C=S) groups is 1. The number of aryl methyl sites for hydroxylation is 1. The number of para-hydroxylation sites is 1. The second kappa shape index (κ2) is 10.2. The number of thioether (sulfide) groups is 1. The first-order chi connectivity index (χ1) is 16.4. The third kappa shape index (κ3) is 5.05. The van der Waals surface area contributed by atoms with Gasteiger partial charge in [-0.15, -0.1) is 0 Å². The lowest BCUT2D eigenvalue weighted by atomic mass is 10.0. The largest absolute Gasteiger partial charge is 0.494 e. The molecule has 0 unspecified atom stereocenters. The molecular weight excluding hydrogens is 470 g/mol. The topological polar surface area (TPSA) is 84.7 Å². The Morgan fingerprint density at radius 3 is 2.68 bits per heavy atom. The molecule has 1 aromatic heterocycles. The standard InChI is InChI=1S/C25H23N3O4S2/c1-3-11-32-19-9-10-20(16(2)12-19)23-17(14-28(26-23)18-7-5-4-6-8-18)13-21-24(31)27(15-22(29)30)25(33)34-21/h4-10,12-14H,3,11,15H2,1-2H3,(H,29,30)/b21-13+. The molecular formula is C25H23N3O4S2. The van der Waals surface area contributed by atoms with E-state index in [1.165, 1.54) is 0 Å². The molecule has 0 aliphatic carbocycles. The van der Waals surface area contributed by atoms with Crippen LogP contribution in [0.15, 0.2) is 59.6 Å². The summed E-state index contributed by atoms with van der Waals surface area (Å²) < 4.78 is 7.75. The lowest BCUT2D eigenvalue weighted by Crippen LogP contribution is -2.33. The van der Waals surface area contributed by atoms with Crippen LogP contribution in [0.25, 0.3) is 23.0 Å². The highest BCUT2D eigenvalue weighted by atomic mass is 32.2. The van der Waals surface area contributed by atoms with E-state index in [9.17, 15) is 9.59 Å². The Balaban J connectivity index is 1.78. The van der Waals surface area contributed by atoms with E-state index in [4.69, 9.17) is 27.2 Å². The predicted octanol–water partition coefficient (Wildman–Crippen LogP) is 4.92. The summed E-state index contributed by atoms with van der Waals surface area (Å²) in [6.07, 6.45) is 4.51. The fourth-order valence-corrected chi connectivity index (χ4v) is 4.79. The number of amides is 1. The Bertz CT molecular complexity index is 1280. The number of benzene rings is 2. The normalized spacial score (nSPS) is 14.8. The van der Waals surface area contributed by atoms with Crippen molar-refractivity contribution in [1.29, 1.82) is 0 Å². The van der Waals surface area contributed by atoms with Crippen LogP contribution < -0.4 is 4.74 Å². The maximum atomic E-state index is 12.8. The number of hydrogen-bond donors (Lipinski definition) is 1. The summed E-state index contributed by atoms with van der Waals surface area (Å²) in [7, 11) is 0. The molecule has 1 saturated heterocycles. The van der Waals surface area contributed by atoms with Gasteiger partial charge in [-0.2, -0.15) is 5.10 Å². The number of aliphatic carboxylic acids is 1. The molecule has 1 fully saturated rings. The van der Waals surface area contributed by atoms with Gasteiger partial charge < -0.3 is 9.84 Å². The number of carbonyl (C=O) groups excluding carboxylic acids is 1. The van der Waals surface area contributed by atoms with Crippen molar-refractivity contribution in [3.8, 4) is 22.7 Å². The molecule has 2 heterocycles. The molecule has 34 heavy (non-hydrogen) atoms. The van der Waals surface area contributed by atoms with Crippen molar-refractivity contribution < 1.29 is 19.4 Å². The van der Waals surface area contributed by atoms with E-state index in [1.807, 2.05) is 61.7 Å². The van der Waals surface area contributed by atoms with Gasteiger partial charge in [-0.3, -0.25) is 14.5 Å². The van der Waals surface area contributed by atoms with E-state index in [1.54, 1.807) is 10.8 Å². The summed E-state index contributed by atoms with van der Waals surface area (Å²) in [6.45, 7) is 4.23. The molecule has 0 saturated carbocycles. The van der Waals surface area contributed by atoms with E-state index < -0.39 is 18.4 Å². The van der Waals surface area contributed by atoms with E-state index in [2.05, 4.69) is 6.92 Å². The zero-order chi connectivity index (χ0) is 24.2. The van der Waals surface area contributed by atoms with Crippen LogP contribution in [0.1, 0.15) is 24.5 Å². The average Bonchev–Trinajstić information content (AvgIpc) is 3.34. The molecule has 2 aromatic carbocycles. The minimum absolute atomic E-state index is 0.226. The number of carboxylic acid groups (broad SMARTS) is 1. The number of carbonyl (C=O) groups is 2. The summed E-state index contributed by atoms with van der Waals surface area (Å²) in [5.74, 6) is -0.742. The molecule has 1 amide bonds. The van der Waals surface area contributed by atoms with Gasteiger partial charge in [-0.05, 0) is 55.3 Å². The number of nitrogens with zero attached hydrogens (tertiary/aromatic N) is 3. The van der Waals surface area contributed by atoms with Gasteiger partial charge in [0.15, 0.2) is 0 Å². The molecule has 0 spiro atoms. The first-order valence-corrected chi connectivity index (χ1v) is 12.0. The van der Waals surface area contributed by atoms with Crippen LogP contribution >= 0.6 is 24.0 Å². The zero-order valence-corrected chi connectivity index (χ0v) is 20.4. The van der Waals surface area contributed by atoms with Gasteiger partial charge in [0.05, 0.1) is 17.2 Å². The van der Waals surface area contributed by atoms with Crippen molar-refractivity contribution in [2.24, 2.45) is 0 Å². The molecule has 9 heteroatoms. The van der Waals surface area contributed by atoms with Crippen molar-refractivity contribution in [3.63, 3.8) is 0 Å². The molecule has 1 N–H and O–H groups in total. The molecule has 1 aliphatic heterocycles. The minimum atomic E-state index is -1.11. The zero-order valence-electron chi connectivity index (χ0n) is 18.7. The minimum Gasteiger partial charge on any atom is -0.494 e. The second-order valence-electron chi connectivity index (χ2n) is 7.70. The van der Waals surface area contributed by atoms with Crippen LogP contribution in [-0.2, 0) is 9.59 Å². The molecule has 1 aliphatic rings. The average molecular weight is 494 g/mol. The lowest BCUT2D eigenvalue weighted by Gasteiger charge is -2.10. The first kappa shape index (κ1) is 23.7. The second-order valence-corrected chi connectivity index (χ2v) is 9.38. The highest BCUT2D eigenvalue weighted by Crippen LogP contribution is 2.36. The fourth-order valence-electron chi connectivity index (χ4n) is 3.54. The van der Waals surface area contributed by atoms with Crippen LogP contribution in [0.2, 0.25) is 0 Å². The van der Waals surface area contributed by atoms with Gasteiger partial charge in [-0.1, -0.05) is 49.1 Å². The van der Waals surface area contributed by atoms with Crippen molar-refractivity contribution in [1.82, 2.24) is 14.7 Å². The summed E-state index contributed by atoms with van der Waals surface area (Å²) in [6, 6.07) is 15.5. The number of ether oxygens (including phenoxy) is 1. The van der Waals surface area contributed by atoms with Crippen LogP contribution in [0, 0.1) is 6.92 Å². The quantitative estimate of drug-likeness (QED) is 0.352. The molecule has 3 aromatic rings. The van der Waals surface area contributed by atoms with Gasteiger partial charge in [0.25, 0.3) is 5.91 Å². The van der Waals surface area contributed by atoms with Crippen LogP contribution in [-0.4, -0.2) is 49.1 Å². The third-order valence-corrected chi connectivity index (χ3v) is 6.52. The highest BCUT2D eigenvalue weighted by Gasteiger charge is 2.33. The van der Waals surface area contributed by atoms with Crippen LogP contribution in [0.4, 0.5) is 0 Å². The lowest BCUT2D eigenvalue weighted by molar-refractivity contribution is -0.140. The highest BCUT2D eigenvalue weighted by molar-refractivity contribution is 8.26. The van der Waals surface area contributed by atoms with E-state index in [-0.39, 0.29) is 4.32 Å². The molecule has 0 atom stereocenters. The van der Waals surface area contributed by atoms with Gasteiger partial charge in [-0.25, -0.2) is 4.68 Å².